The molecule has 5 heteroatoms. The number of carbonyl (C=O) groups excluding carboxylic acids is 1. The molecular formula is C22H25NO4. The smallest absolute Gasteiger partial charge is 0.338 e. The average molecular weight is 367 g/mol. The van der Waals surface area contributed by atoms with Crippen molar-refractivity contribution in [3.05, 3.63) is 59.2 Å². The van der Waals surface area contributed by atoms with Crippen LogP contribution in [0.1, 0.15) is 53.4 Å². The van der Waals surface area contributed by atoms with Crippen molar-refractivity contribution in [2.75, 3.05) is 25.6 Å². The zero-order valence-corrected chi connectivity index (χ0v) is 15.7. The first-order chi connectivity index (χ1) is 13.2. The zero-order valence-electron chi connectivity index (χ0n) is 15.7. The average Bonchev–Trinajstić information content (AvgIpc) is 2.73. The summed E-state index contributed by atoms with van der Waals surface area (Å²) in [5, 5.41) is 3.67. The van der Waals surface area contributed by atoms with Gasteiger partial charge in [0.2, 0.25) is 0 Å². The van der Waals surface area contributed by atoms with E-state index < -0.39 is 0 Å². The predicted octanol–water partition coefficient (Wildman–Crippen LogP) is 4.51. The van der Waals surface area contributed by atoms with Crippen LogP contribution in [0.5, 0.6) is 5.75 Å². The van der Waals surface area contributed by atoms with Crippen LogP contribution in [0, 0.1) is 5.92 Å². The molecule has 2 aliphatic rings. The highest BCUT2D eigenvalue weighted by molar-refractivity contribution is 5.90. The maximum atomic E-state index is 12.2. The lowest BCUT2D eigenvalue weighted by molar-refractivity contribution is -0.0383. The fourth-order valence-corrected chi connectivity index (χ4v) is 4.24. The molecule has 0 saturated carbocycles. The number of benzene rings is 2. The fraction of sp³-hybridized carbons (Fsp3) is 0.409. The summed E-state index contributed by atoms with van der Waals surface area (Å²) >= 11 is 0. The van der Waals surface area contributed by atoms with Gasteiger partial charge in [0, 0.05) is 29.3 Å². The van der Waals surface area contributed by atoms with E-state index in [9.17, 15) is 4.79 Å². The van der Waals surface area contributed by atoms with E-state index in [1.807, 2.05) is 43.3 Å². The standard InChI is InChI=1S/C22H25NO4/c1-3-26-22(24)14-10-11-18-17(13-14)21-16(8-6-12-27-21)20(23-18)15-7-4-5-9-19(15)25-2/h4-5,7,9-11,13,16,20-21,23H,3,6,8,12H2,1-2H3/t16-,20+,21-/m1/s1. The topological polar surface area (TPSA) is 56.8 Å². The van der Waals surface area contributed by atoms with Gasteiger partial charge < -0.3 is 19.5 Å². The van der Waals surface area contributed by atoms with Crippen molar-refractivity contribution in [1.82, 2.24) is 0 Å². The second-order valence-electron chi connectivity index (χ2n) is 6.98. The van der Waals surface area contributed by atoms with Gasteiger partial charge in [0.25, 0.3) is 0 Å². The fourth-order valence-electron chi connectivity index (χ4n) is 4.24. The molecule has 0 amide bonds. The number of esters is 1. The molecule has 4 rings (SSSR count). The lowest BCUT2D eigenvalue weighted by Gasteiger charge is -2.43. The molecule has 0 unspecified atom stereocenters. The molecule has 0 radical (unpaired) electrons. The number of fused-ring (bicyclic) bond motifs is 3. The second-order valence-corrected chi connectivity index (χ2v) is 6.98. The van der Waals surface area contributed by atoms with E-state index in [1.54, 1.807) is 7.11 Å². The number of nitrogens with one attached hydrogen (secondary N) is 1. The molecule has 142 valence electrons. The molecule has 2 aromatic carbocycles. The van der Waals surface area contributed by atoms with Crippen LogP contribution >= 0.6 is 0 Å². The third-order valence-corrected chi connectivity index (χ3v) is 5.45. The van der Waals surface area contributed by atoms with Crippen molar-refractivity contribution < 1.29 is 19.0 Å². The highest BCUT2D eigenvalue weighted by atomic mass is 16.5. The highest BCUT2D eigenvalue weighted by Crippen LogP contribution is 2.50. The molecule has 27 heavy (non-hydrogen) atoms. The molecule has 0 spiro atoms. The minimum absolute atomic E-state index is 0.0423. The summed E-state index contributed by atoms with van der Waals surface area (Å²) < 4.78 is 17.0. The van der Waals surface area contributed by atoms with E-state index in [2.05, 4.69) is 11.4 Å². The van der Waals surface area contributed by atoms with Gasteiger partial charge in [0.15, 0.2) is 0 Å². The van der Waals surface area contributed by atoms with Crippen LogP contribution < -0.4 is 10.1 Å². The molecule has 0 aliphatic carbocycles. The SMILES string of the molecule is CCOC(=O)c1ccc2c(c1)[C@@H]1OCCC[C@@H]1[C@H](c1ccccc1OC)N2. The minimum Gasteiger partial charge on any atom is -0.496 e. The Morgan fingerprint density at radius 3 is 2.89 bits per heavy atom. The van der Waals surface area contributed by atoms with Crippen molar-refractivity contribution in [3.8, 4) is 5.75 Å². The summed E-state index contributed by atoms with van der Waals surface area (Å²) in [7, 11) is 1.70. The van der Waals surface area contributed by atoms with Crippen molar-refractivity contribution in [1.29, 1.82) is 0 Å². The Hall–Kier alpha value is -2.53. The van der Waals surface area contributed by atoms with E-state index in [0.717, 1.165) is 42.0 Å². The molecule has 2 aliphatic heterocycles. The van der Waals surface area contributed by atoms with Crippen LogP contribution in [0.2, 0.25) is 0 Å². The third-order valence-electron chi connectivity index (χ3n) is 5.45. The number of carbonyl (C=O) groups is 1. The molecule has 1 N–H and O–H groups in total. The molecule has 0 aromatic heterocycles. The normalized spacial score (nSPS) is 23.6. The Kier molecular flexibility index (Phi) is 5.03. The van der Waals surface area contributed by atoms with Gasteiger partial charge in [0.05, 0.1) is 31.4 Å². The molecule has 1 fully saturated rings. The number of rotatable bonds is 4. The Morgan fingerprint density at radius 1 is 1.22 bits per heavy atom. The summed E-state index contributed by atoms with van der Waals surface area (Å²) in [6.07, 6.45) is 2.05. The van der Waals surface area contributed by atoms with Gasteiger partial charge in [-0.2, -0.15) is 0 Å². The molecule has 5 nitrogen and oxygen atoms in total. The van der Waals surface area contributed by atoms with Crippen molar-refractivity contribution >= 4 is 11.7 Å². The van der Waals surface area contributed by atoms with Crippen LogP contribution in [0.15, 0.2) is 42.5 Å². The van der Waals surface area contributed by atoms with Crippen molar-refractivity contribution in [2.24, 2.45) is 5.92 Å². The quantitative estimate of drug-likeness (QED) is 0.806. The second kappa shape index (κ2) is 7.61. The summed E-state index contributed by atoms with van der Waals surface area (Å²) in [4.78, 5) is 12.2. The molecular weight excluding hydrogens is 342 g/mol. The van der Waals surface area contributed by atoms with E-state index in [0.29, 0.717) is 12.2 Å². The monoisotopic (exact) mass is 367 g/mol. The number of methoxy groups -OCH3 is 1. The number of anilines is 1. The first-order valence-corrected chi connectivity index (χ1v) is 9.55. The van der Waals surface area contributed by atoms with Crippen LogP contribution in [0.25, 0.3) is 0 Å². The Morgan fingerprint density at radius 2 is 2.07 bits per heavy atom. The van der Waals surface area contributed by atoms with Crippen LogP contribution in [0.4, 0.5) is 5.69 Å². The van der Waals surface area contributed by atoms with Crippen molar-refractivity contribution in [2.45, 2.75) is 31.9 Å². The highest BCUT2D eigenvalue weighted by Gasteiger charge is 2.41. The maximum Gasteiger partial charge on any atom is 0.338 e. The van der Waals surface area contributed by atoms with Crippen LogP contribution in [-0.4, -0.2) is 26.3 Å². The van der Waals surface area contributed by atoms with Gasteiger partial charge in [0.1, 0.15) is 5.75 Å². The first-order valence-electron chi connectivity index (χ1n) is 9.55. The predicted molar refractivity (Wildman–Crippen MR) is 103 cm³/mol. The Balaban J connectivity index is 1.74. The van der Waals surface area contributed by atoms with E-state index in [4.69, 9.17) is 14.2 Å². The number of ether oxygens (including phenoxy) is 3. The van der Waals surface area contributed by atoms with Gasteiger partial charge in [-0.1, -0.05) is 18.2 Å². The largest absolute Gasteiger partial charge is 0.496 e. The zero-order chi connectivity index (χ0) is 18.8. The molecule has 3 atom stereocenters. The molecule has 2 aromatic rings. The van der Waals surface area contributed by atoms with Crippen LogP contribution in [-0.2, 0) is 9.47 Å². The van der Waals surface area contributed by atoms with Gasteiger partial charge >= 0.3 is 5.97 Å². The Labute approximate surface area is 159 Å². The van der Waals surface area contributed by atoms with E-state index in [-0.39, 0.29) is 24.0 Å². The summed E-state index contributed by atoms with van der Waals surface area (Å²) in [6.45, 7) is 2.92. The third kappa shape index (κ3) is 3.28. The number of hydrogen-bond donors (Lipinski definition) is 1. The van der Waals surface area contributed by atoms with Gasteiger partial charge in [-0.05, 0) is 44.0 Å². The van der Waals surface area contributed by atoms with Gasteiger partial charge in [-0.15, -0.1) is 0 Å². The molecule has 2 heterocycles. The first kappa shape index (κ1) is 17.9. The Bertz CT molecular complexity index is 835. The molecule has 0 bridgehead atoms. The lowest BCUT2D eigenvalue weighted by Crippen LogP contribution is -2.36. The minimum atomic E-state index is -0.292. The van der Waals surface area contributed by atoms with Crippen LogP contribution in [0.3, 0.4) is 0 Å². The molecule has 1 saturated heterocycles. The van der Waals surface area contributed by atoms with Gasteiger partial charge in [-0.3, -0.25) is 0 Å². The van der Waals surface area contributed by atoms with E-state index in [1.165, 1.54) is 0 Å². The summed E-state index contributed by atoms with van der Waals surface area (Å²) in [6, 6.07) is 13.9. The van der Waals surface area contributed by atoms with Crippen molar-refractivity contribution in [3.63, 3.8) is 0 Å². The lowest BCUT2D eigenvalue weighted by atomic mass is 9.77. The summed E-state index contributed by atoms with van der Waals surface area (Å²) in [5.74, 6) is 0.866. The van der Waals surface area contributed by atoms with E-state index >= 15 is 0 Å². The maximum absolute atomic E-state index is 12.2. The number of para-hydroxylation sites is 1. The van der Waals surface area contributed by atoms with Gasteiger partial charge in [-0.25, -0.2) is 4.79 Å². The number of hydrogen-bond acceptors (Lipinski definition) is 5. The summed E-state index contributed by atoms with van der Waals surface area (Å²) in [5.41, 5.74) is 3.75.